The maximum absolute atomic E-state index is 12.5. The molecule has 3 aromatic carbocycles. The topological polar surface area (TPSA) is 47.6 Å². The van der Waals surface area contributed by atoms with E-state index in [1.165, 1.54) is 0 Å². The third kappa shape index (κ3) is 5.02. The molecule has 5 heteroatoms. The highest BCUT2D eigenvalue weighted by Crippen LogP contribution is 2.33. The minimum atomic E-state index is -0.666. The number of aryl methyl sites for hydroxylation is 1. The fourth-order valence-electron chi connectivity index (χ4n) is 2.41. The van der Waals surface area contributed by atoms with E-state index in [0.717, 1.165) is 5.56 Å². The third-order valence-corrected chi connectivity index (χ3v) is 4.22. The minimum Gasteiger partial charge on any atom is -0.481 e. The van der Waals surface area contributed by atoms with Gasteiger partial charge < -0.3 is 14.8 Å². The average Bonchev–Trinajstić information content (AvgIpc) is 2.67. The van der Waals surface area contributed by atoms with Crippen molar-refractivity contribution in [3.63, 3.8) is 0 Å². The summed E-state index contributed by atoms with van der Waals surface area (Å²) in [6.07, 6.45) is -0.666. The van der Waals surface area contributed by atoms with E-state index in [1.54, 1.807) is 31.2 Å². The number of benzene rings is 3. The highest BCUT2D eigenvalue weighted by atomic mass is 35.5. The molecule has 1 amide bonds. The number of rotatable bonds is 6. The van der Waals surface area contributed by atoms with Gasteiger partial charge >= 0.3 is 0 Å². The Morgan fingerprint density at radius 3 is 2.26 bits per heavy atom. The number of hydrogen-bond acceptors (Lipinski definition) is 3. The zero-order chi connectivity index (χ0) is 19.2. The molecule has 0 aliphatic rings. The van der Waals surface area contributed by atoms with Gasteiger partial charge in [-0.3, -0.25) is 4.79 Å². The number of carbonyl (C=O) groups is 1. The van der Waals surface area contributed by atoms with Crippen molar-refractivity contribution in [2.45, 2.75) is 20.0 Å². The number of nitrogens with one attached hydrogen (secondary N) is 1. The summed E-state index contributed by atoms with van der Waals surface area (Å²) in [5, 5.41) is 3.34. The SMILES string of the molecule is Cc1ccc(OC(C)C(=O)Nc2ccccc2Oc2ccccc2Cl)cc1. The van der Waals surface area contributed by atoms with Crippen LogP contribution >= 0.6 is 11.6 Å². The molecule has 0 fully saturated rings. The number of ether oxygens (including phenoxy) is 2. The first-order valence-electron chi connectivity index (χ1n) is 8.58. The van der Waals surface area contributed by atoms with Gasteiger partial charge in [0, 0.05) is 0 Å². The first kappa shape index (κ1) is 18.8. The van der Waals surface area contributed by atoms with Crippen LogP contribution in [-0.4, -0.2) is 12.0 Å². The van der Waals surface area contributed by atoms with E-state index in [4.69, 9.17) is 21.1 Å². The molecule has 1 N–H and O–H groups in total. The molecule has 0 bridgehead atoms. The molecule has 4 nitrogen and oxygen atoms in total. The maximum Gasteiger partial charge on any atom is 0.265 e. The van der Waals surface area contributed by atoms with Crippen LogP contribution in [0.2, 0.25) is 5.02 Å². The van der Waals surface area contributed by atoms with E-state index in [1.807, 2.05) is 55.5 Å². The van der Waals surface area contributed by atoms with Crippen molar-refractivity contribution in [3.05, 3.63) is 83.4 Å². The molecule has 0 aliphatic carbocycles. The summed E-state index contributed by atoms with van der Waals surface area (Å²) in [5.74, 6) is 1.39. The van der Waals surface area contributed by atoms with Crippen LogP contribution in [0.5, 0.6) is 17.2 Å². The standard InChI is InChI=1S/C22H20ClNO3/c1-15-11-13-17(14-12-15)26-16(2)22(25)24-19-8-4-6-10-21(19)27-20-9-5-3-7-18(20)23/h3-14,16H,1-2H3,(H,24,25). The predicted molar refractivity (Wildman–Crippen MR) is 108 cm³/mol. The Bertz CT molecular complexity index is 925. The zero-order valence-corrected chi connectivity index (χ0v) is 15.9. The average molecular weight is 382 g/mol. The Balaban J connectivity index is 1.70. The molecule has 0 aliphatic heterocycles. The lowest BCUT2D eigenvalue weighted by molar-refractivity contribution is -0.122. The number of carbonyl (C=O) groups excluding carboxylic acids is 1. The molecule has 0 aromatic heterocycles. The lowest BCUT2D eigenvalue weighted by atomic mass is 10.2. The van der Waals surface area contributed by atoms with Crippen molar-refractivity contribution in [3.8, 4) is 17.2 Å². The van der Waals surface area contributed by atoms with Crippen molar-refractivity contribution < 1.29 is 14.3 Å². The van der Waals surface area contributed by atoms with Crippen LogP contribution < -0.4 is 14.8 Å². The summed E-state index contributed by atoms with van der Waals surface area (Å²) < 4.78 is 11.6. The van der Waals surface area contributed by atoms with Crippen LogP contribution in [-0.2, 0) is 4.79 Å². The fourth-order valence-corrected chi connectivity index (χ4v) is 2.59. The zero-order valence-electron chi connectivity index (χ0n) is 15.1. The highest BCUT2D eigenvalue weighted by molar-refractivity contribution is 6.32. The van der Waals surface area contributed by atoms with Crippen molar-refractivity contribution in [1.82, 2.24) is 0 Å². The lowest BCUT2D eigenvalue weighted by Gasteiger charge is -2.17. The molecule has 3 rings (SSSR count). The van der Waals surface area contributed by atoms with Crippen LogP contribution in [0.4, 0.5) is 5.69 Å². The van der Waals surface area contributed by atoms with E-state index in [9.17, 15) is 4.79 Å². The monoisotopic (exact) mass is 381 g/mol. The number of hydrogen-bond donors (Lipinski definition) is 1. The molecule has 3 aromatic rings. The van der Waals surface area contributed by atoms with Crippen LogP contribution in [0.3, 0.4) is 0 Å². The molecule has 1 atom stereocenters. The quantitative estimate of drug-likeness (QED) is 0.582. The summed E-state index contributed by atoms with van der Waals surface area (Å²) in [7, 11) is 0. The molecular formula is C22H20ClNO3. The van der Waals surface area contributed by atoms with E-state index >= 15 is 0 Å². The van der Waals surface area contributed by atoms with Gasteiger partial charge in [-0.1, -0.05) is 53.6 Å². The summed E-state index contributed by atoms with van der Waals surface area (Å²) in [5.41, 5.74) is 1.67. The van der Waals surface area contributed by atoms with Gasteiger partial charge in [-0.05, 0) is 50.2 Å². The van der Waals surface area contributed by atoms with E-state index in [0.29, 0.717) is 28.0 Å². The van der Waals surface area contributed by atoms with Crippen LogP contribution in [0.1, 0.15) is 12.5 Å². The van der Waals surface area contributed by atoms with Gasteiger partial charge in [-0.25, -0.2) is 0 Å². The lowest BCUT2D eigenvalue weighted by Crippen LogP contribution is -2.30. The smallest absolute Gasteiger partial charge is 0.265 e. The molecule has 0 saturated heterocycles. The molecule has 0 heterocycles. The highest BCUT2D eigenvalue weighted by Gasteiger charge is 2.17. The van der Waals surface area contributed by atoms with Gasteiger partial charge in [-0.15, -0.1) is 0 Å². The molecule has 0 radical (unpaired) electrons. The third-order valence-electron chi connectivity index (χ3n) is 3.90. The van der Waals surface area contributed by atoms with Crippen molar-refractivity contribution in [2.24, 2.45) is 0 Å². The van der Waals surface area contributed by atoms with E-state index in [2.05, 4.69) is 5.32 Å². The predicted octanol–water partition coefficient (Wildman–Crippen LogP) is 5.85. The van der Waals surface area contributed by atoms with Gasteiger partial charge in [0.25, 0.3) is 5.91 Å². The van der Waals surface area contributed by atoms with Crippen molar-refractivity contribution in [2.75, 3.05) is 5.32 Å². The summed E-state index contributed by atoms with van der Waals surface area (Å²) in [4.78, 5) is 12.5. The van der Waals surface area contributed by atoms with Gasteiger partial charge in [0.1, 0.15) is 11.5 Å². The van der Waals surface area contributed by atoms with Crippen LogP contribution in [0, 0.1) is 6.92 Å². The minimum absolute atomic E-state index is 0.272. The number of anilines is 1. The van der Waals surface area contributed by atoms with E-state index in [-0.39, 0.29) is 5.91 Å². The number of para-hydroxylation sites is 3. The Hall–Kier alpha value is -2.98. The van der Waals surface area contributed by atoms with Gasteiger partial charge in [0.05, 0.1) is 10.7 Å². The molecular weight excluding hydrogens is 362 g/mol. The van der Waals surface area contributed by atoms with Gasteiger partial charge in [0.15, 0.2) is 11.9 Å². The second-order valence-electron chi connectivity index (χ2n) is 6.09. The summed E-state index contributed by atoms with van der Waals surface area (Å²) >= 11 is 6.15. The Kier molecular flexibility index (Phi) is 5.99. The Morgan fingerprint density at radius 1 is 0.926 bits per heavy atom. The maximum atomic E-state index is 12.5. The Morgan fingerprint density at radius 2 is 1.56 bits per heavy atom. The van der Waals surface area contributed by atoms with Gasteiger partial charge in [0.2, 0.25) is 0 Å². The first-order valence-corrected chi connectivity index (χ1v) is 8.96. The van der Waals surface area contributed by atoms with E-state index < -0.39 is 6.10 Å². The molecule has 138 valence electrons. The molecule has 0 saturated carbocycles. The van der Waals surface area contributed by atoms with Gasteiger partial charge in [-0.2, -0.15) is 0 Å². The summed E-state index contributed by atoms with van der Waals surface area (Å²) in [6.45, 7) is 3.70. The van der Waals surface area contributed by atoms with Crippen LogP contribution in [0.25, 0.3) is 0 Å². The van der Waals surface area contributed by atoms with Crippen molar-refractivity contribution in [1.29, 1.82) is 0 Å². The first-order chi connectivity index (χ1) is 13.0. The number of halogens is 1. The largest absolute Gasteiger partial charge is 0.481 e. The second kappa shape index (κ2) is 8.60. The van der Waals surface area contributed by atoms with Crippen molar-refractivity contribution >= 4 is 23.2 Å². The second-order valence-corrected chi connectivity index (χ2v) is 6.50. The number of amides is 1. The fraction of sp³-hybridized carbons (Fsp3) is 0.136. The summed E-state index contributed by atoms with van der Waals surface area (Å²) in [6, 6.07) is 21.9. The normalized spacial score (nSPS) is 11.5. The molecule has 0 spiro atoms. The van der Waals surface area contributed by atoms with Crippen LogP contribution in [0.15, 0.2) is 72.8 Å². The Labute approximate surface area is 163 Å². The molecule has 27 heavy (non-hydrogen) atoms. The molecule has 1 unspecified atom stereocenters.